The van der Waals surface area contributed by atoms with Gasteiger partial charge in [-0.1, -0.05) is 24.3 Å². The fraction of sp³-hybridized carbons (Fsp3) is 0.467. The average molecular weight is 336 g/mol. The van der Waals surface area contributed by atoms with Crippen LogP contribution in [0.1, 0.15) is 30.0 Å². The number of nitrogens with one attached hydrogen (secondary N) is 1. The Labute approximate surface area is 135 Å². The topological polar surface area (TPSA) is 86.1 Å². The van der Waals surface area contributed by atoms with Gasteiger partial charge < -0.3 is 9.30 Å². The highest BCUT2D eigenvalue weighted by Crippen LogP contribution is 2.37. The van der Waals surface area contributed by atoms with Crippen LogP contribution in [-0.4, -0.2) is 35.5 Å². The van der Waals surface area contributed by atoms with Crippen molar-refractivity contribution in [2.45, 2.75) is 37.8 Å². The van der Waals surface area contributed by atoms with Crippen molar-refractivity contribution in [3.8, 4) is 0 Å². The van der Waals surface area contributed by atoms with Crippen molar-refractivity contribution in [1.29, 1.82) is 0 Å². The SMILES string of the molecule is CCn1cnnc1CNS(=O)(=O)[C@@H]1Cc2ccccc2[C@@H]1OC. The predicted octanol–water partition coefficient (Wildman–Crippen LogP) is 1.03. The molecule has 1 aliphatic carbocycles. The molecule has 0 spiro atoms. The van der Waals surface area contributed by atoms with Gasteiger partial charge in [-0.15, -0.1) is 10.2 Å². The zero-order valence-electron chi connectivity index (χ0n) is 13.1. The van der Waals surface area contributed by atoms with Gasteiger partial charge in [0.15, 0.2) is 0 Å². The maximum Gasteiger partial charge on any atom is 0.218 e. The molecular formula is C15H20N4O3S. The Morgan fingerprint density at radius 3 is 2.91 bits per heavy atom. The second-order valence-corrected chi connectivity index (χ2v) is 7.48. The van der Waals surface area contributed by atoms with E-state index in [9.17, 15) is 8.42 Å². The summed E-state index contributed by atoms with van der Waals surface area (Å²) in [6.07, 6.45) is 1.59. The monoisotopic (exact) mass is 336 g/mol. The van der Waals surface area contributed by atoms with Crippen molar-refractivity contribution in [3.05, 3.63) is 47.5 Å². The third kappa shape index (κ3) is 3.01. The quantitative estimate of drug-likeness (QED) is 0.851. The van der Waals surface area contributed by atoms with E-state index in [0.717, 1.165) is 11.1 Å². The molecule has 3 rings (SSSR count). The first kappa shape index (κ1) is 16.1. The number of aryl methyl sites for hydroxylation is 1. The van der Waals surface area contributed by atoms with Gasteiger partial charge in [0.2, 0.25) is 10.0 Å². The molecule has 0 amide bonds. The van der Waals surface area contributed by atoms with Crippen LogP contribution in [0.4, 0.5) is 0 Å². The standard InChI is InChI=1S/C15H20N4O3S/c1-3-19-10-16-18-14(19)9-17-23(20,21)13-8-11-6-4-5-7-12(11)15(13)22-2/h4-7,10,13,15,17H,3,8-9H2,1-2H3/t13-,15+/m1/s1. The summed E-state index contributed by atoms with van der Waals surface area (Å²) in [5.74, 6) is 0.598. The second-order valence-electron chi connectivity index (χ2n) is 5.50. The van der Waals surface area contributed by atoms with Crippen molar-refractivity contribution in [3.63, 3.8) is 0 Å². The Bertz CT molecular complexity index is 788. The Morgan fingerprint density at radius 1 is 1.39 bits per heavy atom. The van der Waals surface area contributed by atoms with Crippen molar-refractivity contribution in [2.75, 3.05) is 7.11 Å². The normalized spacial score (nSPS) is 20.6. The Kier molecular flexibility index (Phi) is 4.47. The maximum atomic E-state index is 12.7. The third-order valence-electron chi connectivity index (χ3n) is 4.24. The average Bonchev–Trinajstić information content (AvgIpc) is 3.16. The van der Waals surface area contributed by atoms with Crippen LogP contribution in [0.25, 0.3) is 0 Å². The molecule has 23 heavy (non-hydrogen) atoms. The van der Waals surface area contributed by atoms with Crippen LogP contribution in [-0.2, 0) is 34.3 Å². The minimum Gasteiger partial charge on any atom is -0.375 e. The van der Waals surface area contributed by atoms with Gasteiger partial charge >= 0.3 is 0 Å². The van der Waals surface area contributed by atoms with Crippen LogP contribution < -0.4 is 4.72 Å². The summed E-state index contributed by atoms with van der Waals surface area (Å²) in [6, 6.07) is 7.69. The Balaban J connectivity index is 1.78. The van der Waals surface area contributed by atoms with E-state index in [1.165, 1.54) is 0 Å². The number of hydrogen-bond acceptors (Lipinski definition) is 5. The van der Waals surface area contributed by atoms with Gasteiger partial charge in [0.1, 0.15) is 23.5 Å². The molecule has 1 N–H and O–H groups in total. The highest BCUT2D eigenvalue weighted by Gasteiger charge is 2.41. The zero-order chi connectivity index (χ0) is 16.4. The van der Waals surface area contributed by atoms with Crippen LogP contribution in [0.2, 0.25) is 0 Å². The molecule has 0 saturated carbocycles. The van der Waals surface area contributed by atoms with E-state index in [1.807, 2.05) is 31.2 Å². The Morgan fingerprint density at radius 2 is 2.17 bits per heavy atom. The zero-order valence-corrected chi connectivity index (χ0v) is 14.0. The lowest BCUT2D eigenvalue weighted by Crippen LogP contribution is -2.37. The summed E-state index contributed by atoms with van der Waals surface area (Å²) in [5, 5.41) is 7.12. The van der Waals surface area contributed by atoms with Crippen molar-refractivity contribution < 1.29 is 13.2 Å². The smallest absolute Gasteiger partial charge is 0.218 e. The number of hydrogen-bond donors (Lipinski definition) is 1. The molecule has 7 nitrogen and oxygen atoms in total. The first-order valence-electron chi connectivity index (χ1n) is 7.52. The number of methoxy groups -OCH3 is 1. The molecule has 1 aromatic carbocycles. The molecule has 1 aromatic heterocycles. The summed E-state index contributed by atoms with van der Waals surface area (Å²) in [4.78, 5) is 0. The van der Waals surface area contributed by atoms with Crippen molar-refractivity contribution in [2.24, 2.45) is 0 Å². The largest absolute Gasteiger partial charge is 0.375 e. The molecule has 0 radical (unpaired) electrons. The molecule has 1 aliphatic rings. The third-order valence-corrected chi connectivity index (χ3v) is 6.00. The molecule has 1 heterocycles. The summed E-state index contributed by atoms with van der Waals surface area (Å²) >= 11 is 0. The van der Waals surface area contributed by atoms with Gasteiger partial charge in [0.05, 0.1) is 6.54 Å². The van der Waals surface area contributed by atoms with Crippen molar-refractivity contribution >= 4 is 10.0 Å². The fourth-order valence-electron chi connectivity index (χ4n) is 3.03. The van der Waals surface area contributed by atoms with Crippen LogP contribution in [0.3, 0.4) is 0 Å². The number of sulfonamides is 1. The lowest BCUT2D eigenvalue weighted by atomic mass is 10.1. The van der Waals surface area contributed by atoms with Gasteiger partial charge in [-0.05, 0) is 24.5 Å². The number of rotatable bonds is 6. The number of benzene rings is 1. The van der Waals surface area contributed by atoms with E-state index in [0.29, 0.717) is 18.8 Å². The molecule has 2 atom stereocenters. The van der Waals surface area contributed by atoms with Crippen LogP contribution in [0, 0.1) is 0 Å². The minimum absolute atomic E-state index is 0.124. The van der Waals surface area contributed by atoms with E-state index in [2.05, 4.69) is 14.9 Å². The van der Waals surface area contributed by atoms with Crippen LogP contribution in [0.5, 0.6) is 0 Å². The first-order chi connectivity index (χ1) is 11.1. The highest BCUT2D eigenvalue weighted by molar-refractivity contribution is 7.90. The molecule has 0 aliphatic heterocycles. The predicted molar refractivity (Wildman–Crippen MR) is 85.1 cm³/mol. The number of ether oxygens (including phenoxy) is 1. The van der Waals surface area contributed by atoms with Gasteiger partial charge in [0, 0.05) is 13.7 Å². The molecule has 2 aromatic rings. The van der Waals surface area contributed by atoms with E-state index in [-0.39, 0.29) is 6.54 Å². The van der Waals surface area contributed by atoms with E-state index >= 15 is 0 Å². The number of aromatic nitrogens is 3. The number of nitrogens with zero attached hydrogens (tertiary/aromatic N) is 3. The van der Waals surface area contributed by atoms with E-state index in [1.54, 1.807) is 18.0 Å². The van der Waals surface area contributed by atoms with Crippen molar-refractivity contribution in [1.82, 2.24) is 19.5 Å². The lowest BCUT2D eigenvalue weighted by Gasteiger charge is -2.19. The van der Waals surface area contributed by atoms with Crippen LogP contribution in [0.15, 0.2) is 30.6 Å². The summed E-state index contributed by atoms with van der Waals surface area (Å²) in [7, 11) is -2.00. The molecule has 0 unspecified atom stereocenters. The summed E-state index contributed by atoms with van der Waals surface area (Å²) < 4.78 is 35.4. The first-order valence-corrected chi connectivity index (χ1v) is 9.07. The Hall–Kier alpha value is -1.77. The van der Waals surface area contributed by atoms with Gasteiger partial charge in [-0.3, -0.25) is 0 Å². The van der Waals surface area contributed by atoms with E-state index < -0.39 is 21.4 Å². The molecule has 124 valence electrons. The summed E-state index contributed by atoms with van der Waals surface area (Å²) in [5.41, 5.74) is 1.97. The second kappa shape index (κ2) is 6.38. The maximum absolute atomic E-state index is 12.7. The molecule has 0 saturated heterocycles. The van der Waals surface area contributed by atoms with Gasteiger partial charge in [0.25, 0.3) is 0 Å². The van der Waals surface area contributed by atoms with E-state index in [4.69, 9.17) is 4.74 Å². The lowest BCUT2D eigenvalue weighted by molar-refractivity contribution is 0.107. The number of fused-ring (bicyclic) bond motifs is 1. The van der Waals surface area contributed by atoms with Gasteiger partial charge in [-0.2, -0.15) is 0 Å². The minimum atomic E-state index is -3.55. The highest BCUT2D eigenvalue weighted by atomic mass is 32.2. The molecule has 8 heteroatoms. The summed E-state index contributed by atoms with van der Waals surface area (Å²) in [6.45, 7) is 2.77. The molecule has 0 fully saturated rings. The van der Waals surface area contributed by atoms with Crippen LogP contribution >= 0.6 is 0 Å². The molecular weight excluding hydrogens is 316 g/mol. The molecule has 0 bridgehead atoms. The van der Waals surface area contributed by atoms with Gasteiger partial charge in [-0.25, -0.2) is 13.1 Å². The fourth-order valence-corrected chi connectivity index (χ4v) is 4.55.